The van der Waals surface area contributed by atoms with Crippen molar-refractivity contribution in [3.8, 4) is 6.07 Å². The molecule has 0 spiro atoms. The van der Waals surface area contributed by atoms with Gasteiger partial charge in [-0.2, -0.15) is 5.26 Å². The fourth-order valence-electron chi connectivity index (χ4n) is 2.99. The van der Waals surface area contributed by atoms with Gasteiger partial charge in [0.2, 0.25) is 0 Å². The van der Waals surface area contributed by atoms with Crippen molar-refractivity contribution in [1.29, 1.82) is 5.26 Å². The van der Waals surface area contributed by atoms with Crippen LogP contribution in [0.2, 0.25) is 0 Å². The molecule has 26 heavy (non-hydrogen) atoms. The van der Waals surface area contributed by atoms with Crippen LogP contribution in [0, 0.1) is 23.1 Å². The van der Waals surface area contributed by atoms with Crippen LogP contribution in [-0.2, 0) is 6.54 Å². The van der Waals surface area contributed by atoms with Gasteiger partial charge in [-0.1, -0.05) is 19.9 Å². The summed E-state index contributed by atoms with van der Waals surface area (Å²) in [5, 5.41) is 12.1. The lowest BCUT2D eigenvalue weighted by atomic mass is 10.1. The first-order chi connectivity index (χ1) is 12.0. The number of nitriles is 1. The second kappa shape index (κ2) is 11.3. The Bertz CT molecular complexity index is 633. The van der Waals surface area contributed by atoms with E-state index in [2.05, 4.69) is 34.0 Å². The summed E-state index contributed by atoms with van der Waals surface area (Å²) in [7, 11) is 0. The Hall–Kier alpha value is -1.40. The molecular weight excluding hydrogens is 444 g/mol. The van der Waals surface area contributed by atoms with Crippen LogP contribution in [0.1, 0.15) is 31.9 Å². The average molecular weight is 473 g/mol. The fourth-order valence-corrected chi connectivity index (χ4v) is 2.99. The van der Waals surface area contributed by atoms with Gasteiger partial charge in [-0.3, -0.25) is 4.90 Å². The van der Waals surface area contributed by atoms with E-state index in [1.165, 1.54) is 6.07 Å². The van der Waals surface area contributed by atoms with Crippen molar-refractivity contribution < 1.29 is 4.39 Å². The van der Waals surface area contributed by atoms with Crippen LogP contribution in [-0.4, -0.2) is 55.0 Å². The Morgan fingerprint density at radius 3 is 2.54 bits per heavy atom. The molecule has 0 bridgehead atoms. The van der Waals surface area contributed by atoms with E-state index >= 15 is 0 Å². The molecule has 1 aromatic carbocycles. The van der Waals surface area contributed by atoms with E-state index in [1.54, 1.807) is 12.1 Å². The number of nitrogens with one attached hydrogen (secondary N) is 1. The summed E-state index contributed by atoms with van der Waals surface area (Å²) in [6.07, 6.45) is 0. The van der Waals surface area contributed by atoms with Crippen molar-refractivity contribution >= 4 is 29.9 Å². The quantitative estimate of drug-likeness (QED) is 0.406. The third kappa shape index (κ3) is 6.72. The number of benzene rings is 1. The highest BCUT2D eigenvalue weighted by Gasteiger charge is 2.20. The summed E-state index contributed by atoms with van der Waals surface area (Å²) in [5.74, 6) is 1.13. The zero-order chi connectivity index (χ0) is 18.2. The number of nitrogens with zero attached hydrogens (tertiary/aromatic N) is 4. The lowest BCUT2D eigenvalue weighted by Gasteiger charge is -2.37. The average Bonchev–Trinajstić information content (AvgIpc) is 2.59. The standard InChI is InChI=1S/C19H28FN5.HI/c1-4-22-19(25-9-7-24(8-10-25)14-15(2)3)23-13-17-6-5-16(12-21)11-18(17)20;/h5-6,11,15H,4,7-10,13-14H2,1-3H3,(H,22,23);1H. The molecule has 2 rings (SSSR count). The zero-order valence-corrected chi connectivity index (χ0v) is 18.2. The molecule has 1 fully saturated rings. The highest BCUT2D eigenvalue weighted by atomic mass is 127. The third-order valence-corrected chi connectivity index (χ3v) is 4.21. The van der Waals surface area contributed by atoms with Gasteiger partial charge < -0.3 is 10.2 Å². The summed E-state index contributed by atoms with van der Waals surface area (Å²) in [6.45, 7) is 12.6. The van der Waals surface area contributed by atoms with E-state index in [9.17, 15) is 4.39 Å². The Balaban J connectivity index is 0.00000338. The van der Waals surface area contributed by atoms with Gasteiger partial charge >= 0.3 is 0 Å². The number of aliphatic imine (C=N–C) groups is 1. The maximum atomic E-state index is 14.0. The number of hydrogen-bond donors (Lipinski definition) is 1. The summed E-state index contributed by atoms with van der Waals surface area (Å²) < 4.78 is 14.0. The molecule has 0 unspecified atom stereocenters. The maximum absolute atomic E-state index is 14.0. The van der Waals surface area contributed by atoms with Gasteiger partial charge in [0.05, 0.1) is 18.2 Å². The van der Waals surface area contributed by atoms with Gasteiger partial charge in [-0.05, 0) is 25.0 Å². The van der Waals surface area contributed by atoms with E-state index in [0.29, 0.717) is 17.0 Å². The minimum Gasteiger partial charge on any atom is -0.357 e. The molecule has 1 saturated heterocycles. The van der Waals surface area contributed by atoms with Gasteiger partial charge in [0.15, 0.2) is 5.96 Å². The lowest BCUT2D eigenvalue weighted by molar-refractivity contribution is 0.164. The van der Waals surface area contributed by atoms with E-state index in [0.717, 1.165) is 45.2 Å². The molecule has 5 nitrogen and oxygen atoms in total. The second-order valence-electron chi connectivity index (χ2n) is 6.77. The SMILES string of the molecule is CCNC(=NCc1ccc(C#N)cc1F)N1CCN(CC(C)C)CC1.I. The molecule has 0 aliphatic carbocycles. The van der Waals surface area contributed by atoms with Crippen molar-refractivity contribution in [2.24, 2.45) is 10.9 Å². The van der Waals surface area contributed by atoms with Gasteiger partial charge in [0.25, 0.3) is 0 Å². The van der Waals surface area contributed by atoms with Crippen molar-refractivity contribution in [2.75, 3.05) is 39.3 Å². The molecule has 1 aromatic rings. The maximum Gasteiger partial charge on any atom is 0.194 e. The van der Waals surface area contributed by atoms with E-state index in [1.807, 2.05) is 13.0 Å². The summed E-state index contributed by atoms with van der Waals surface area (Å²) in [5.41, 5.74) is 0.839. The normalized spacial score (nSPS) is 15.5. The molecule has 1 aliphatic rings. The van der Waals surface area contributed by atoms with Gasteiger partial charge in [-0.25, -0.2) is 9.38 Å². The number of halogens is 2. The van der Waals surface area contributed by atoms with Gasteiger partial charge in [0.1, 0.15) is 5.82 Å². The molecule has 0 aromatic heterocycles. The Morgan fingerprint density at radius 1 is 1.31 bits per heavy atom. The molecule has 1 heterocycles. The van der Waals surface area contributed by atoms with Crippen LogP contribution in [0.5, 0.6) is 0 Å². The van der Waals surface area contributed by atoms with Gasteiger partial charge in [-0.15, -0.1) is 24.0 Å². The predicted molar refractivity (Wildman–Crippen MR) is 114 cm³/mol. The first-order valence-corrected chi connectivity index (χ1v) is 8.97. The second-order valence-corrected chi connectivity index (χ2v) is 6.77. The van der Waals surface area contributed by atoms with Crippen molar-refractivity contribution in [2.45, 2.75) is 27.3 Å². The van der Waals surface area contributed by atoms with E-state index in [4.69, 9.17) is 5.26 Å². The van der Waals surface area contributed by atoms with Crippen LogP contribution in [0.15, 0.2) is 23.2 Å². The number of rotatable bonds is 5. The van der Waals surface area contributed by atoms with E-state index in [-0.39, 0.29) is 36.3 Å². The molecule has 7 heteroatoms. The molecule has 0 atom stereocenters. The van der Waals surface area contributed by atoms with E-state index < -0.39 is 0 Å². The predicted octanol–water partition coefficient (Wildman–Crippen LogP) is 3.05. The van der Waals surface area contributed by atoms with Crippen molar-refractivity contribution in [3.05, 3.63) is 35.1 Å². The molecule has 0 saturated carbocycles. The first-order valence-electron chi connectivity index (χ1n) is 8.97. The van der Waals surface area contributed by atoms with Crippen LogP contribution in [0.4, 0.5) is 4.39 Å². The minimum atomic E-state index is -0.375. The molecule has 1 aliphatic heterocycles. The lowest BCUT2D eigenvalue weighted by Crippen LogP contribution is -2.53. The van der Waals surface area contributed by atoms with Crippen LogP contribution < -0.4 is 5.32 Å². The highest BCUT2D eigenvalue weighted by molar-refractivity contribution is 14.0. The number of guanidine groups is 1. The molecular formula is C19H29FIN5. The van der Waals surface area contributed by atoms with Crippen molar-refractivity contribution in [3.63, 3.8) is 0 Å². The molecule has 0 radical (unpaired) electrons. The Morgan fingerprint density at radius 2 is 2.00 bits per heavy atom. The monoisotopic (exact) mass is 473 g/mol. The molecule has 0 amide bonds. The highest BCUT2D eigenvalue weighted by Crippen LogP contribution is 2.12. The molecule has 1 N–H and O–H groups in total. The summed E-state index contributed by atoms with van der Waals surface area (Å²) in [6, 6.07) is 6.49. The smallest absolute Gasteiger partial charge is 0.194 e. The minimum absolute atomic E-state index is 0. The third-order valence-electron chi connectivity index (χ3n) is 4.21. The number of hydrogen-bond acceptors (Lipinski definition) is 3. The summed E-state index contributed by atoms with van der Waals surface area (Å²) >= 11 is 0. The Kier molecular flexibility index (Phi) is 9.88. The van der Waals surface area contributed by atoms with Gasteiger partial charge in [0, 0.05) is 44.8 Å². The fraction of sp³-hybridized carbons (Fsp3) is 0.579. The largest absolute Gasteiger partial charge is 0.357 e. The van der Waals surface area contributed by atoms with Crippen molar-refractivity contribution in [1.82, 2.24) is 15.1 Å². The van der Waals surface area contributed by atoms with Crippen LogP contribution in [0.25, 0.3) is 0 Å². The van der Waals surface area contributed by atoms with Crippen LogP contribution >= 0.6 is 24.0 Å². The topological polar surface area (TPSA) is 54.7 Å². The number of piperazine rings is 1. The molecule has 144 valence electrons. The zero-order valence-electron chi connectivity index (χ0n) is 15.8. The Labute approximate surface area is 173 Å². The van der Waals surface area contributed by atoms with Crippen LogP contribution in [0.3, 0.4) is 0 Å². The summed E-state index contributed by atoms with van der Waals surface area (Å²) in [4.78, 5) is 9.31. The first kappa shape index (κ1) is 22.6.